The van der Waals surface area contributed by atoms with Gasteiger partial charge in [0.15, 0.2) is 23.4 Å². The molecule has 0 saturated carbocycles. The van der Waals surface area contributed by atoms with Crippen LogP contribution in [-0.2, 0) is 0 Å². The summed E-state index contributed by atoms with van der Waals surface area (Å²) in [4.78, 5) is 4.53. The molecule has 2 aromatic carbocycles. The monoisotopic (exact) mass is 444 g/mol. The van der Waals surface area contributed by atoms with Crippen LogP contribution in [0.4, 0.5) is 5.69 Å². The Morgan fingerprint density at radius 3 is 2.70 bits per heavy atom. The largest absolute Gasteiger partial charge is 0.490 e. The Morgan fingerprint density at radius 2 is 1.93 bits per heavy atom. The number of nitrogens with one attached hydrogen (secondary N) is 1. The van der Waals surface area contributed by atoms with Crippen LogP contribution in [0.25, 0.3) is 11.3 Å². The van der Waals surface area contributed by atoms with E-state index in [0.717, 1.165) is 16.8 Å². The smallest absolute Gasteiger partial charge is 0.247 e. The molecule has 1 N–H and O–H groups in total. The average molecular weight is 445 g/mol. The zero-order chi connectivity index (χ0) is 21.1. The van der Waals surface area contributed by atoms with Crippen molar-refractivity contribution in [3.05, 3.63) is 47.0 Å². The van der Waals surface area contributed by atoms with Gasteiger partial charge in [-0.15, -0.1) is 10.2 Å². The molecule has 0 spiro atoms. The van der Waals surface area contributed by atoms with Crippen molar-refractivity contribution in [2.45, 2.75) is 25.2 Å². The summed E-state index contributed by atoms with van der Waals surface area (Å²) in [6, 6.07) is 11.5. The number of ether oxygens (including phenoxy) is 3. The van der Waals surface area contributed by atoms with E-state index in [1.54, 1.807) is 0 Å². The van der Waals surface area contributed by atoms with Gasteiger partial charge in [0, 0.05) is 16.8 Å². The standard InChI is InChI=1S/C21H21ClN4O3S/c1-4-27-16-11-12(10-14(22)18(16)28-5-2)19-23-15-9-7-6-8-13(15)17-20(29-19)24-21(30-3)26-25-17/h6-11,19,23H,4-5H2,1-3H3/t19-/m1/s1. The Morgan fingerprint density at radius 1 is 1.13 bits per heavy atom. The fourth-order valence-corrected chi connectivity index (χ4v) is 3.74. The molecule has 1 aromatic heterocycles. The predicted octanol–water partition coefficient (Wildman–Crippen LogP) is 5.21. The molecule has 4 rings (SSSR count). The molecular weight excluding hydrogens is 424 g/mol. The maximum absolute atomic E-state index is 6.53. The summed E-state index contributed by atoms with van der Waals surface area (Å²) in [5.74, 6) is 1.49. The first-order valence-electron chi connectivity index (χ1n) is 9.54. The SMILES string of the molecule is CCOc1cc([C@@H]2Nc3ccccc3-c3nnc(SC)nc3O2)cc(Cl)c1OCC. The lowest BCUT2D eigenvalue weighted by atomic mass is 10.1. The number of aromatic nitrogens is 3. The van der Waals surface area contributed by atoms with E-state index in [4.69, 9.17) is 25.8 Å². The summed E-state index contributed by atoms with van der Waals surface area (Å²) in [5, 5.41) is 12.9. The van der Waals surface area contributed by atoms with Gasteiger partial charge in [0.25, 0.3) is 0 Å². The third kappa shape index (κ3) is 3.97. The van der Waals surface area contributed by atoms with Crippen LogP contribution in [0.15, 0.2) is 41.6 Å². The first kappa shape index (κ1) is 20.6. The predicted molar refractivity (Wildman–Crippen MR) is 118 cm³/mol. The maximum atomic E-state index is 6.53. The molecule has 0 fully saturated rings. The van der Waals surface area contributed by atoms with Gasteiger partial charge < -0.3 is 19.5 Å². The quantitative estimate of drug-likeness (QED) is 0.519. The van der Waals surface area contributed by atoms with E-state index in [1.807, 2.05) is 56.5 Å². The summed E-state index contributed by atoms with van der Waals surface area (Å²) in [6.45, 7) is 4.78. The van der Waals surface area contributed by atoms with Crippen LogP contribution in [0.2, 0.25) is 5.02 Å². The first-order chi connectivity index (χ1) is 14.6. The highest BCUT2D eigenvalue weighted by atomic mass is 35.5. The van der Waals surface area contributed by atoms with Crippen molar-refractivity contribution in [3.63, 3.8) is 0 Å². The van der Waals surface area contributed by atoms with Crippen molar-refractivity contribution in [2.24, 2.45) is 0 Å². The summed E-state index contributed by atoms with van der Waals surface area (Å²) < 4.78 is 17.7. The van der Waals surface area contributed by atoms with E-state index in [9.17, 15) is 0 Å². The van der Waals surface area contributed by atoms with Gasteiger partial charge in [-0.2, -0.15) is 4.98 Å². The summed E-state index contributed by atoms with van der Waals surface area (Å²) >= 11 is 7.93. The van der Waals surface area contributed by atoms with Crippen LogP contribution in [0, 0.1) is 0 Å². The second-order valence-corrected chi connectivity index (χ2v) is 7.52. The molecule has 9 heteroatoms. The molecule has 7 nitrogen and oxygen atoms in total. The minimum atomic E-state index is -0.564. The van der Waals surface area contributed by atoms with Crippen LogP contribution >= 0.6 is 23.4 Å². The molecule has 0 radical (unpaired) electrons. The van der Waals surface area contributed by atoms with Crippen LogP contribution in [0.5, 0.6) is 17.4 Å². The second kappa shape index (κ2) is 8.97. The van der Waals surface area contributed by atoms with Gasteiger partial charge >= 0.3 is 0 Å². The molecule has 0 saturated heterocycles. The molecule has 0 amide bonds. The van der Waals surface area contributed by atoms with Crippen molar-refractivity contribution < 1.29 is 14.2 Å². The second-order valence-electron chi connectivity index (χ2n) is 6.34. The Bertz CT molecular complexity index is 1070. The molecule has 1 aliphatic heterocycles. The van der Waals surface area contributed by atoms with Crippen molar-refractivity contribution in [3.8, 4) is 28.6 Å². The molecular formula is C21H21ClN4O3S. The molecule has 3 aromatic rings. The molecule has 2 heterocycles. The molecule has 1 aliphatic rings. The summed E-state index contributed by atoms with van der Waals surface area (Å²) in [6.07, 6.45) is 1.33. The zero-order valence-electron chi connectivity index (χ0n) is 16.8. The zero-order valence-corrected chi connectivity index (χ0v) is 18.4. The number of para-hydroxylation sites is 1. The normalized spacial score (nSPS) is 14.6. The lowest BCUT2D eigenvalue weighted by molar-refractivity contribution is 0.223. The first-order valence-corrected chi connectivity index (χ1v) is 11.1. The molecule has 0 unspecified atom stereocenters. The Hall–Kier alpha value is -2.71. The Kier molecular flexibility index (Phi) is 6.15. The van der Waals surface area contributed by atoms with E-state index in [1.165, 1.54) is 11.8 Å². The van der Waals surface area contributed by atoms with Crippen molar-refractivity contribution in [1.29, 1.82) is 0 Å². The fourth-order valence-electron chi connectivity index (χ4n) is 3.17. The fraction of sp³-hybridized carbons (Fsp3) is 0.286. The number of halogens is 1. The van der Waals surface area contributed by atoms with Gasteiger partial charge in [-0.05, 0) is 38.3 Å². The molecule has 1 atom stereocenters. The third-order valence-corrected chi connectivity index (χ3v) is 5.26. The van der Waals surface area contributed by atoms with Gasteiger partial charge in [-0.1, -0.05) is 41.6 Å². The van der Waals surface area contributed by atoms with E-state index in [2.05, 4.69) is 20.5 Å². The van der Waals surface area contributed by atoms with Crippen LogP contribution < -0.4 is 19.5 Å². The van der Waals surface area contributed by atoms with E-state index in [-0.39, 0.29) is 0 Å². The highest BCUT2D eigenvalue weighted by Crippen LogP contribution is 2.43. The number of thioether (sulfide) groups is 1. The summed E-state index contributed by atoms with van der Waals surface area (Å²) in [5.41, 5.74) is 3.08. The molecule has 30 heavy (non-hydrogen) atoms. The van der Waals surface area contributed by atoms with Crippen LogP contribution in [0.1, 0.15) is 25.6 Å². The highest BCUT2D eigenvalue weighted by molar-refractivity contribution is 7.98. The van der Waals surface area contributed by atoms with E-state index in [0.29, 0.717) is 46.5 Å². The van der Waals surface area contributed by atoms with E-state index >= 15 is 0 Å². The van der Waals surface area contributed by atoms with Crippen molar-refractivity contribution in [1.82, 2.24) is 15.2 Å². The molecule has 156 valence electrons. The van der Waals surface area contributed by atoms with Crippen LogP contribution in [-0.4, -0.2) is 34.7 Å². The van der Waals surface area contributed by atoms with Gasteiger partial charge in [0.05, 0.1) is 18.2 Å². The number of nitrogens with zero attached hydrogens (tertiary/aromatic N) is 3. The molecule has 0 aliphatic carbocycles. The van der Waals surface area contributed by atoms with Gasteiger partial charge in [0.2, 0.25) is 11.0 Å². The average Bonchev–Trinajstić information content (AvgIpc) is 2.92. The lowest BCUT2D eigenvalue weighted by Crippen LogP contribution is -2.17. The Labute approximate surface area is 184 Å². The molecule has 0 bridgehead atoms. The van der Waals surface area contributed by atoms with Gasteiger partial charge in [0.1, 0.15) is 0 Å². The number of hydrogen-bond donors (Lipinski definition) is 1. The number of anilines is 1. The maximum Gasteiger partial charge on any atom is 0.247 e. The lowest BCUT2D eigenvalue weighted by Gasteiger charge is -2.21. The highest BCUT2D eigenvalue weighted by Gasteiger charge is 2.27. The topological polar surface area (TPSA) is 78.4 Å². The number of fused-ring (bicyclic) bond motifs is 3. The van der Waals surface area contributed by atoms with Crippen molar-refractivity contribution >= 4 is 29.1 Å². The number of hydrogen-bond acceptors (Lipinski definition) is 8. The van der Waals surface area contributed by atoms with Crippen molar-refractivity contribution in [2.75, 3.05) is 24.8 Å². The Balaban J connectivity index is 1.82. The van der Waals surface area contributed by atoms with Gasteiger partial charge in [-0.25, -0.2) is 0 Å². The number of benzene rings is 2. The van der Waals surface area contributed by atoms with Gasteiger partial charge in [-0.3, -0.25) is 0 Å². The van der Waals surface area contributed by atoms with E-state index < -0.39 is 6.23 Å². The minimum Gasteiger partial charge on any atom is -0.490 e. The van der Waals surface area contributed by atoms with Crippen LogP contribution in [0.3, 0.4) is 0 Å². The summed E-state index contributed by atoms with van der Waals surface area (Å²) in [7, 11) is 0. The third-order valence-electron chi connectivity index (χ3n) is 4.44. The number of rotatable bonds is 6. The minimum absolute atomic E-state index is 0.403.